The summed E-state index contributed by atoms with van der Waals surface area (Å²) in [7, 11) is 0. The van der Waals surface area contributed by atoms with Crippen molar-refractivity contribution in [2.24, 2.45) is 0 Å². The van der Waals surface area contributed by atoms with Gasteiger partial charge in [-0.25, -0.2) is 14.8 Å². The molecular formula is C10H7F3N4O. The Bertz CT molecular complexity index is 533. The van der Waals surface area contributed by atoms with E-state index in [2.05, 4.69) is 15.3 Å². The van der Waals surface area contributed by atoms with Crippen LogP contribution < -0.4 is 5.32 Å². The summed E-state index contributed by atoms with van der Waals surface area (Å²) in [5.41, 5.74) is -0.843. The summed E-state index contributed by atoms with van der Waals surface area (Å²) in [5, 5.41) is 2.38. The van der Waals surface area contributed by atoms with E-state index in [1.54, 1.807) is 0 Å². The smallest absolute Gasteiger partial charge is 0.306 e. The van der Waals surface area contributed by atoms with Gasteiger partial charge in [-0.1, -0.05) is 0 Å². The Morgan fingerprint density at radius 1 is 1.33 bits per heavy atom. The second-order valence-corrected chi connectivity index (χ2v) is 3.33. The van der Waals surface area contributed by atoms with Crippen molar-refractivity contribution in [3.63, 3.8) is 0 Å². The first-order chi connectivity index (χ1) is 8.47. The number of nitrogens with one attached hydrogen (secondary N) is 1. The Kier molecular flexibility index (Phi) is 3.00. The van der Waals surface area contributed by atoms with Crippen molar-refractivity contribution in [3.05, 3.63) is 42.7 Å². The Morgan fingerprint density at radius 2 is 2.11 bits per heavy atom. The normalized spacial score (nSPS) is 11.3. The van der Waals surface area contributed by atoms with Crippen molar-refractivity contribution in [2.45, 2.75) is 6.18 Å². The molecule has 0 aliphatic carbocycles. The van der Waals surface area contributed by atoms with E-state index in [9.17, 15) is 18.0 Å². The van der Waals surface area contributed by atoms with Crippen LogP contribution in [0, 0.1) is 0 Å². The number of hydrogen-bond acceptors (Lipinski definition) is 3. The van der Waals surface area contributed by atoms with Gasteiger partial charge in [0.15, 0.2) is 0 Å². The highest BCUT2D eigenvalue weighted by molar-refractivity contribution is 5.90. The summed E-state index contributed by atoms with van der Waals surface area (Å²) < 4.78 is 37.9. The molecule has 0 bridgehead atoms. The number of imidazole rings is 1. The number of halogens is 3. The zero-order valence-corrected chi connectivity index (χ0v) is 8.85. The van der Waals surface area contributed by atoms with E-state index in [1.165, 1.54) is 18.7 Å². The zero-order chi connectivity index (χ0) is 13.2. The molecule has 0 aliphatic rings. The third-order valence-electron chi connectivity index (χ3n) is 2.04. The second kappa shape index (κ2) is 4.47. The van der Waals surface area contributed by atoms with Crippen molar-refractivity contribution in [3.8, 4) is 0 Å². The largest absolute Gasteiger partial charge is 0.433 e. The molecule has 0 aliphatic heterocycles. The highest BCUT2D eigenvalue weighted by Gasteiger charge is 2.32. The van der Waals surface area contributed by atoms with Gasteiger partial charge in [0.2, 0.25) is 0 Å². The molecule has 0 fully saturated rings. The van der Waals surface area contributed by atoms with E-state index >= 15 is 0 Å². The molecule has 8 heteroatoms. The maximum atomic E-state index is 12.2. The minimum atomic E-state index is -4.49. The molecule has 2 heterocycles. The van der Waals surface area contributed by atoms with Crippen molar-refractivity contribution in [1.29, 1.82) is 0 Å². The van der Waals surface area contributed by atoms with E-state index in [-0.39, 0.29) is 5.69 Å². The van der Waals surface area contributed by atoms with Crippen LogP contribution in [0.15, 0.2) is 37.1 Å². The summed E-state index contributed by atoms with van der Waals surface area (Å²) >= 11 is 0. The number of carbonyl (C=O) groups is 1. The molecule has 0 atom stereocenters. The van der Waals surface area contributed by atoms with E-state index in [0.717, 1.165) is 22.9 Å². The Morgan fingerprint density at radius 3 is 2.61 bits per heavy atom. The topological polar surface area (TPSA) is 59.8 Å². The van der Waals surface area contributed by atoms with Crippen LogP contribution in [-0.2, 0) is 6.18 Å². The first kappa shape index (κ1) is 12.1. The lowest BCUT2D eigenvalue weighted by atomic mass is 10.3. The highest BCUT2D eigenvalue weighted by atomic mass is 19.4. The maximum Gasteiger partial charge on any atom is 0.433 e. The van der Waals surface area contributed by atoms with E-state index in [4.69, 9.17) is 0 Å². The predicted molar refractivity (Wildman–Crippen MR) is 55.9 cm³/mol. The quantitative estimate of drug-likeness (QED) is 0.852. The molecule has 1 amide bonds. The molecule has 18 heavy (non-hydrogen) atoms. The minimum Gasteiger partial charge on any atom is -0.306 e. The molecule has 2 aromatic rings. The van der Waals surface area contributed by atoms with Gasteiger partial charge in [0.05, 0.1) is 11.9 Å². The third kappa shape index (κ3) is 2.65. The van der Waals surface area contributed by atoms with Gasteiger partial charge in [0, 0.05) is 12.4 Å². The van der Waals surface area contributed by atoms with Crippen LogP contribution in [0.4, 0.5) is 23.7 Å². The molecule has 0 saturated carbocycles. The molecule has 0 unspecified atom stereocenters. The number of carbonyl (C=O) groups excluding carboxylic acids is 1. The number of rotatable bonds is 1. The van der Waals surface area contributed by atoms with Crippen LogP contribution in [0.25, 0.3) is 0 Å². The van der Waals surface area contributed by atoms with Gasteiger partial charge in [-0.05, 0) is 12.1 Å². The summed E-state index contributed by atoms with van der Waals surface area (Å²) in [5.74, 6) is 0. The van der Waals surface area contributed by atoms with Gasteiger partial charge < -0.3 is 5.32 Å². The average molecular weight is 256 g/mol. The molecule has 0 radical (unpaired) electrons. The number of hydrogen-bond donors (Lipinski definition) is 1. The lowest BCUT2D eigenvalue weighted by molar-refractivity contribution is -0.141. The van der Waals surface area contributed by atoms with Crippen molar-refractivity contribution < 1.29 is 18.0 Å². The predicted octanol–water partition coefficient (Wildman–Crippen LogP) is 2.38. The molecule has 94 valence electrons. The van der Waals surface area contributed by atoms with Gasteiger partial charge in [0.1, 0.15) is 12.0 Å². The fourth-order valence-electron chi connectivity index (χ4n) is 1.20. The molecular weight excluding hydrogens is 249 g/mol. The Labute approximate surface area is 99.3 Å². The maximum absolute atomic E-state index is 12.2. The van der Waals surface area contributed by atoms with Crippen LogP contribution in [-0.4, -0.2) is 20.6 Å². The van der Waals surface area contributed by atoms with Gasteiger partial charge in [-0.2, -0.15) is 13.2 Å². The fourth-order valence-corrected chi connectivity index (χ4v) is 1.20. The molecule has 1 N–H and O–H groups in total. The SMILES string of the molecule is O=C(Nc1ccc(C(F)(F)F)nc1)n1ccnc1. The van der Waals surface area contributed by atoms with Crippen LogP contribution >= 0.6 is 0 Å². The van der Waals surface area contributed by atoms with E-state index in [0.29, 0.717) is 0 Å². The summed E-state index contributed by atoms with van der Waals surface area (Å²) in [6, 6.07) is 1.39. The summed E-state index contributed by atoms with van der Waals surface area (Å²) in [4.78, 5) is 18.4. The Balaban J connectivity index is 2.09. The number of anilines is 1. The van der Waals surface area contributed by atoms with Gasteiger partial charge >= 0.3 is 12.2 Å². The zero-order valence-electron chi connectivity index (χ0n) is 8.85. The molecule has 0 aromatic carbocycles. The molecule has 2 aromatic heterocycles. The van der Waals surface area contributed by atoms with Crippen LogP contribution in [0.5, 0.6) is 0 Å². The average Bonchev–Trinajstić information content (AvgIpc) is 2.82. The van der Waals surface area contributed by atoms with E-state index in [1.807, 2.05) is 0 Å². The first-order valence-electron chi connectivity index (χ1n) is 4.79. The Hall–Kier alpha value is -2.38. The number of alkyl halides is 3. The summed E-state index contributed by atoms with van der Waals surface area (Å²) in [6.45, 7) is 0. The first-order valence-corrected chi connectivity index (χ1v) is 4.79. The molecule has 0 saturated heterocycles. The van der Waals surface area contributed by atoms with E-state index < -0.39 is 17.9 Å². The van der Waals surface area contributed by atoms with Crippen LogP contribution in [0.1, 0.15) is 5.69 Å². The van der Waals surface area contributed by atoms with Gasteiger partial charge in [-0.3, -0.25) is 4.57 Å². The van der Waals surface area contributed by atoms with Gasteiger partial charge in [-0.15, -0.1) is 0 Å². The van der Waals surface area contributed by atoms with Crippen molar-refractivity contribution in [1.82, 2.24) is 14.5 Å². The minimum absolute atomic E-state index is 0.168. The standard InChI is InChI=1S/C10H7F3N4O/c11-10(12,13)8-2-1-7(5-15-8)16-9(18)17-4-3-14-6-17/h1-6H,(H,16,18). The number of pyridine rings is 1. The lowest BCUT2D eigenvalue weighted by Gasteiger charge is -2.07. The van der Waals surface area contributed by atoms with Crippen molar-refractivity contribution >= 4 is 11.7 Å². The second-order valence-electron chi connectivity index (χ2n) is 3.33. The monoisotopic (exact) mass is 256 g/mol. The van der Waals surface area contributed by atoms with Crippen molar-refractivity contribution in [2.75, 3.05) is 5.32 Å². The van der Waals surface area contributed by atoms with Crippen LogP contribution in [0.3, 0.4) is 0 Å². The van der Waals surface area contributed by atoms with Gasteiger partial charge in [0.25, 0.3) is 0 Å². The molecule has 0 spiro atoms. The lowest BCUT2D eigenvalue weighted by Crippen LogP contribution is -2.18. The third-order valence-corrected chi connectivity index (χ3v) is 2.04. The highest BCUT2D eigenvalue weighted by Crippen LogP contribution is 2.27. The molecule has 5 nitrogen and oxygen atoms in total. The number of amides is 1. The number of nitrogens with zero attached hydrogens (tertiary/aromatic N) is 3. The van der Waals surface area contributed by atoms with Crippen LogP contribution in [0.2, 0.25) is 0 Å². The summed E-state index contributed by atoms with van der Waals surface area (Å²) in [6.07, 6.45) is 0.537. The number of aromatic nitrogens is 3. The fraction of sp³-hybridized carbons (Fsp3) is 0.100. The molecule has 2 rings (SSSR count).